The van der Waals surface area contributed by atoms with Crippen LogP contribution in [-0.2, 0) is 4.79 Å². The van der Waals surface area contributed by atoms with Gasteiger partial charge in [-0.15, -0.1) is 0 Å². The van der Waals surface area contributed by atoms with Crippen molar-refractivity contribution in [3.63, 3.8) is 0 Å². The number of hydrogen-bond donors (Lipinski definition) is 0. The summed E-state index contributed by atoms with van der Waals surface area (Å²) in [5.41, 5.74) is 5.97. The number of ether oxygens (including phenoxy) is 1. The maximum absolute atomic E-state index is 12.6. The van der Waals surface area contributed by atoms with Crippen molar-refractivity contribution in [3.05, 3.63) is 102 Å². The van der Waals surface area contributed by atoms with Gasteiger partial charge in [-0.1, -0.05) is 72.8 Å². The third-order valence-corrected chi connectivity index (χ3v) is 5.80. The number of hydrogen-bond acceptors (Lipinski definition) is 2. The van der Waals surface area contributed by atoms with Gasteiger partial charge in [0.15, 0.2) is 0 Å². The summed E-state index contributed by atoms with van der Waals surface area (Å²) in [5.74, 6) is 1.07. The van der Waals surface area contributed by atoms with Crippen molar-refractivity contribution in [1.82, 2.24) is 4.90 Å². The topological polar surface area (TPSA) is 29.5 Å². The standard InChI is InChI=1S/C29H33NO2/c1-4-30(5-2)28(31)18-12-17-27(23-13-8-6-9-14-23)29(24-15-10-7-11-16-24)25-19-21-26(32-3)22-20-25/h6-11,13-16,19-22H,4-5,12,17-18H2,1-3H3/b29-27-. The second-order valence-electron chi connectivity index (χ2n) is 7.73. The van der Waals surface area contributed by atoms with Gasteiger partial charge in [-0.3, -0.25) is 4.79 Å². The maximum Gasteiger partial charge on any atom is 0.222 e. The minimum absolute atomic E-state index is 0.230. The lowest BCUT2D eigenvalue weighted by atomic mass is 9.87. The number of benzene rings is 3. The van der Waals surface area contributed by atoms with Crippen molar-refractivity contribution in [3.8, 4) is 5.75 Å². The van der Waals surface area contributed by atoms with E-state index in [1.165, 1.54) is 22.3 Å². The quantitative estimate of drug-likeness (QED) is 0.337. The van der Waals surface area contributed by atoms with Crippen molar-refractivity contribution >= 4 is 17.1 Å². The van der Waals surface area contributed by atoms with Gasteiger partial charge in [0.2, 0.25) is 5.91 Å². The average molecular weight is 428 g/mol. The highest BCUT2D eigenvalue weighted by molar-refractivity contribution is 5.98. The van der Waals surface area contributed by atoms with Crippen molar-refractivity contribution in [2.24, 2.45) is 0 Å². The number of carbonyl (C=O) groups is 1. The van der Waals surface area contributed by atoms with Crippen LogP contribution in [0.1, 0.15) is 49.8 Å². The van der Waals surface area contributed by atoms with Crippen LogP contribution < -0.4 is 4.74 Å². The molecule has 3 nitrogen and oxygen atoms in total. The van der Waals surface area contributed by atoms with E-state index in [0.717, 1.165) is 37.2 Å². The second-order valence-corrected chi connectivity index (χ2v) is 7.73. The van der Waals surface area contributed by atoms with E-state index < -0.39 is 0 Å². The Morgan fingerprint density at radius 1 is 0.719 bits per heavy atom. The molecule has 32 heavy (non-hydrogen) atoms. The molecule has 0 saturated heterocycles. The third kappa shape index (κ3) is 5.88. The van der Waals surface area contributed by atoms with Gasteiger partial charge < -0.3 is 9.64 Å². The summed E-state index contributed by atoms with van der Waals surface area (Å²) in [6.07, 6.45) is 2.20. The molecule has 1 amide bonds. The van der Waals surface area contributed by atoms with Crippen LogP contribution in [0.25, 0.3) is 11.1 Å². The summed E-state index contributed by atoms with van der Waals surface area (Å²) < 4.78 is 5.38. The number of methoxy groups -OCH3 is 1. The van der Waals surface area contributed by atoms with E-state index in [1.54, 1.807) is 7.11 Å². The van der Waals surface area contributed by atoms with E-state index in [4.69, 9.17) is 4.74 Å². The largest absolute Gasteiger partial charge is 0.497 e. The first kappa shape index (κ1) is 23.3. The molecular formula is C29H33NO2. The molecule has 0 fully saturated rings. The Morgan fingerprint density at radius 2 is 1.25 bits per heavy atom. The number of carbonyl (C=O) groups excluding carboxylic acids is 1. The molecule has 0 aliphatic heterocycles. The number of rotatable bonds is 10. The SMILES string of the molecule is CCN(CC)C(=O)CCC/C(=C(\c1ccccc1)c1ccc(OC)cc1)c1ccccc1. The smallest absolute Gasteiger partial charge is 0.222 e. The zero-order valence-electron chi connectivity index (χ0n) is 19.4. The van der Waals surface area contributed by atoms with E-state index in [1.807, 2.05) is 43.0 Å². The molecule has 0 saturated carbocycles. The van der Waals surface area contributed by atoms with Crippen LogP contribution in [0, 0.1) is 0 Å². The van der Waals surface area contributed by atoms with Crippen LogP contribution >= 0.6 is 0 Å². The molecule has 3 aromatic rings. The fourth-order valence-electron chi connectivity index (χ4n) is 4.08. The third-order valence-electron chi connectivity index (χ3n) is 5.80. The van der Waals surface area contributed by atoms with Crippen molar-refractivity contribution in [2.75, 3.05) is 20.2 Å². The van der Waals surface area contributed by atoms with Crippen LogP contribution in [0.3, 0.4) is 0 Å². The Labute approximate surface area is 192 Å². The Bertz CT molecular complexity index is 1000. The normalized spacial score (nSPS) is 11.6. The highest BCUT2D eigenvalue weighted by Crippen LogP contribution is 2.36. The molecule has 0 aliphatic rings. The molecule has 3 aromatic carbocycles. The molecule has 0 unspecified atom stereocenters. The fraction of sp³-hybridized carbons (Fsp3) is 0.276. The fourth-order valence-corrected chi connectivity index (χ4v) is 4.08. The molecule has 166 valence electrons. The molecule has 0 N–H and O–H groups in total. The highest BCUT2D eigenvalue weighted by Gasteiger charge is 2.16. The molecular weight excluding hydrogens is 394 g/mol. The predicted molar refractivity (Wildman–Crippen MR) is 134 cm³/mol. The zero-order valence-corrected chi connectivity index (χ0v) is 19.4. The number of amides is 1. The highest BCUT2D eigenvalue weighted by atomic mass is 16.5. The van der Waals surface area contributed by atoms with Crippen LogP contribution in [0.4, 0.5) is 0 Å². The van der Waals surface area contributed by atoms with Gasteiger partial charge in [0, 0.05) is 19.5 Å². The van der Waals surface area contributed by atoms with Crippen LogP contribution in [-0.4, -0.2) is 31.0 Å². The Morgan fingerprint density at radius 3 is 1.78 bits per heavy atom. The summed E-state index contributed by atoms with van der Waals surface area (Å²) in [6, 6.07) is 29.3. The maximum atomic E-state index is 12.6. The first-order valence-electron chi connectivity index (χ1n) is 11.4. The molecule has 0 atom stereocenters. The van der Waals surface area contributed by atoms with E-state index in [-0.39, 0.29) is 5.91 Å². The lowest BCUT2D eigenvalue weighted by Crippen LogP contribution is -2.30. The Hall–Kier alpha value is -3.33. The molecule has 0 spiro atoms. The second kappa shape index (κ2) is 11.9. The minimum atomic E-state index is 0.230. The molecule has 0 aromatic heterocycles. The van der Waals surface area contributed by atoms with E-state index >= 15 is 0 Å². The summed E-state index contributed by atoms with van der Waals surface area (Å²) in [6.45, 7) is 5.59. The molecule has 0 bridgehead atoms. The van der Waals surface area contributed by atoms with Gasteiger partial charge in [-0.25, -0.2) is 0 Å². The Kier molecular flexibility index (Phi) is 8.68. The summed E-state index contributed by atoms with van der Waals surface area (Å²) in [4.78, 5) is 14.5. The van der Waals surface area contributed by atoms with Gasteiger partial charge >= 0.3 is 0 Å². The van der Waals surface area contributed by atoms with E-state index in [9.17, 15) is 4.79 Å². The predicted octanol–water partition coefficient (Wildman–Crippen LogP) is 6.69. The summed E-state index contributed by atoms with van der Waals surface area (Å²) in [5, 5.41) is 0. The first-order valence-corrected chi connectivity index (χ1v) is 11.4. The van der Waals surface area contributed by atoms with Gasteiger partial charge in [0.25, 0.3) is 0 Å². The Balaban J connectivity index is 2.05. The molecule has 3 heteroatoms. The van der Waals surface area contributed by atoms with Crippen molar-refractivity contribution in [1.29, 1.82) is 0 Å². The number of allylic oxidation sites excluding steroid dienone is 1. The first-order chi connectivity index (χ1) is 15.7. The van der Waals surface area contributed by atoms with Gasteiger partial charge in [-0.05, 0) is 66.7 Å². The van der Waals surface area contributed by atoms with E-state index in [0.29, 0.717) is 6.42 Å². The molecule has 0 heterocycles. The monoisotopic (exact) mass is 427 g/mol. The van der Waals surface area contributed by atoms with Crippen molar-refractivity contribution < 1.29 is 9.53 Å². The number of nitrogens with zero attached hydrogens (tertiary/aromatic N) is 1. The molecule has 3 rings (SSSR count). The van der Waals surface area contributed by atoms with Gasteiger partial charge in [0.1, 0.15) is 5.75 Å². The lowest BCUT2D eigenvalue weighted by molar-refractivity contribution is -0.130. The van der Waals surface area contributed by atoms with E-state index in [2.05, 4.69) is 60.7 Å². The lowest BCUT2D eigenvalue weighted by Gasteiger charge is -2.20. The average Bonchev–Trinajstić information content (AvgIpc) is 2.85. The van der Waals surface area contributed by atoms with Gasteiger partial charge in [0.05, 0.1) is 7.11 Å². The molecule has 0 aliphatic carbocycles. The van der Waals surface area contributed by atoms with Crippen LogP contribution in [0.2, 0.25) is 0 Å². The van der Waals surface area contributed by atoms with Crippen LogP contribution in [0.15, 0.2) is 84.9 Å². The van der Waals surface area contributed by atoms with Crippen LogP contribution in [0.5, 0.6) is 5.75 Å². The van der Waals surface area contributed by atoms with Gasteiger partial charge in [-0.2, -0.15) is 0 Å². The summed E-state index contributed by atoms with van der Waals surface area (Å²) >= 11 is 0. The van der Waals surface area contributed by atoms with Crippen molar-refractivity contribution in [2.45, 2.75) is 33.1 Å². The zero-order chi connectivity index (χ0) is 22.8. The summed E-state index contributed by atoms with van der Waals surface area (Å²) in [7, 11) is 1.69. The minimum Gasteiger partial charge on any atom is -0.497 e. The molecule has 0 radical (unpaired) electrons.